The molecule has 6 aromatic carbocycles. The molecule has 7 aliphatic rings. The van der Waals surface area contributed by atoms with Crippen LogP contribution in [-0.2, 0) is 65.8 Å². The van der Waals surface area contributed by atoms with Crippen molar-refractivity contribution in [3.63, 3.8) is 0 Å². The number of ether oxygens (including phenoxy) is 2. The van der Waals surface area contributed by atoms with Gasteiger partial charge in [0.25, 0.3) is 0 Å². The molecule has 626 valence electrons. The number of alkyl carbamates (subject to hydrolysis) is 1. The summed E-state index contributed by atoms with van der Waals surface area (Å²) in [6, 6.07) is 50.6. The van der Waals surface area contributed by atoms with Crippen LogP contribution < -0.4 is 16.0 Å². The van der Waals surface area contributed by atoms with Gasteiger partial charge < -0.3 is 50.0 Å². The van der Waals surface area contributed by atoms with E-state index in [9.17, 15) is 48.3 Å². The standard InChI is InChI=1S/C46H55N3O7.C38H50N4O6.C8H7NO.C2H6.CH4/c1-6-14-31(41(54-5)40(51)23-29-21-22-29)24-39(50)38-26-46(25-37(48-56-46)30-15-8-7-9-16-30)28-49(38)43(52)42(45(2,3)4)47-44(53)55-27-36-34-19-12-10-17-32(34)33-18-11-13-20-35(33)36;1-5-12-28(33(45)32(44)19-25-17-18-25)20-31(43)30-22-38(21-29(41-48-38)27-15-10-7-11-16-27)24-42(30)35(46)34(37(2,3)4)40-36(47)39-23-26-13-8-6-9-14-26;10-7-9-6-8-4-2-1-3-5-8;1-2;/h7-13,15-20,29,31,36,38,41-42H,6,14,21-28H2,1-5H3,(H,47,53);6-11,13-16,25,28,30,33-34,45H,5,12,17-24H2,1-4H3,(H2,39,40,47);1-5H,6H2;1-2H3;1H4/t31-,38+,41?,42-,46-;28-,30+,33?,34-,38-;;;/m11.../s1. The molecule has 10 atom stereocenters. The maximum atomic E-state index is 14.9. The molecule has 6 aromatic rings. The Morgan fingerprint density at radius 3 is 1.44 bits per heavy atom. The van der Waals surface area contributed by atoms with Gasteiger partial charge in [-0.15, -0.1) is 0 Å². The third kappa shape index (κ3) is 24.0. The number of aliphatic hydroxyl groups excluding tert-OH is 1. The van der Waals surface area contributed by atoms with Gasteiger partial charge in [0.05, 0.1) is 43.1 Å². The molecule has 0 radical (unpaired) electrons. The number of benzene rings is 6. The van der Waals surface area contributed by atoms with Gasteiger partial charge >= 0.3 is 12.1 Å². The third-order valence-corrected chi connectivity index (χ3v) is 23.0. The van der Waals surface area contributed by atoms with Crippen LogP contribution in [0.25, 0.3) is 11.1 Å². The van der Waals surface area contributed by atoms with Gasteiger partial charge in [0, 0.05) is 70.9 Å². The minimum Gasteiger partial charge on any atom is -0.449 e. The molecule has 2 spiro atoms. The normalized spacial score (nSPS) is 20.4. The van der Waals surface area contributed by atoms with E-state index in [1.54, 1.807) is 16.9 Å². The summed E-state index contributed by atoms with van der Waals surface area (Å²) >= 11 is 0. The van der Waals surface area contributed by atoms with E-state index in [1.165, 1.54) is 6.08 Å². The van der Waals surface area contributed by atoms with E-state index >= 15 is 0 Å². The minimum absolute atomic E-state index is 0. The maximum Gasteiger partial charge on any atom is 0.407 e. The second kappa shape index (κ2) is 41.7. The molecule has 0 aromatic heterocycles. The molecule has 22 heteroatoms. The van der Waals surface area contributed by atoms with Crippen LogP contribution in [0.15, 0.2) is 185 Å². The minimum atomic E-state index is -1.22. The highest BCUT2D eigenvalue weighted by Crippen LogP contribution is 2.47. The molecule has 2 saturated carbocycles. The van der Waals surface area contributed by atoms with Crippen LogP contribution in [0.5, 0.6) is 0 Å². The smallest absolute Gasteiger partial charge is 0.407 e. The van der Waals surface area contributed by atoms with E-state index in [4.69, 9.17) is 19.1 Å². The zero-order chi connectivity index (χ0) is 83.3. The van der Waals surface area contributed by atoms with Crippen molar-refractivity contribution >= 4 is 64.6 Å². The van der Waals surface area contributed by atoms with E-state index in [0.29, 0.717) is 69.9 Å². The van der Waals surface area contributed by atoms with Crippen LogP contribution in [-0.4, -0.2) is 154 Å². The fourth-order valence-corrected chi connectivity index (χ4v) is 16.6. The number of aliphatic hydroxyl groups is 1. The van der Waals surface area contributed by atoms with E-state index in [0.717, 1.165) is 88.0 Å². The lowest BCUT2D eigenvalue weighted by atomic mass is 9.84. The van der Waals surface area contributed by atoms with E-state index in [-0.39, 0.29) is 93.7 Å². The lowest BCUT2D eigenvalue weighted by molar-refractivity contribution is -0.143. The van der Waals surface area contributed by atoms with Crippen molar-refractivity contribution in [1.29, 1.82) is 0 Å². The first-order valence-electron chi connectivity index (χ1n) is 41.5. The summed E-state index contributed by atoms with van der Waals surface area (Å²) in [5.41, 5.74) is 6.44. The Morgan fingerprint density at radius 1 is 0.581 bits per heavy atom. The first-order valence-corrected chi connectivity index (χ1v) is 41.5. The van der Waals surface area contributed by atoms with E-state index in [2.05, 4.69) is 55.5 Å². The predicted octanol–water partition coefficient (Wildman–Crippen LogP) is 16.2. The second-order valence-electron chi connectivity index (χ2n) is 34.1. The first kappa shape index (κ1) is 90.6. The summed E-state index contributed by atoms with van der Waals surface area (Å²) in [5.74, 6) is -1.60. The lowest BCUT2D eigenvalue weighted by Gasteiger charge is -2.35. The number of carbonyl (C=O) groups is 8. The van der Waals surface area contributed by atoms with E-state index in [1.807, 2.05) is 215 Å². The van der Waals surface area contributed by atoms with Crippen molar-refractivity contribution in [2.45, 2.75) is 246 Å². The highest BCUT2D eigenvalue weighted by molar-refractivity contribution is 6.03. The van der Waals surface area contributed by atoms with E-state index < -0.39 is 82.4 Å². The second-order valence-corrected chi connectivity index (χ2v) is 34.1. The van der Waals surface area contributed by atoms with Crippen LogP contribution in [0, 0.1) is 34.5 Å². The van der Waals surface area contributed by atoms with Crippen molar-refractivity contribution in [2.75, 3.05) is 26.8 Å². The molecule has 5 amide bonds. The van der Waals surface area contributed by atoms with Crippen molar-refractivity contribution in [3.05, 3.63) is 203 Å². The number of amides is 5. The summed E-state index contributed by atoms with van der Waals surface area (Å²) in [4.78, 5) is 140. The largest absolute Gasteiger partial charge is 0.449 e. The Balaban J connectivity index is 0.000000234. The number of aliphatic imine (C=N–C) groups is 1. The number of likely N-dealkylation sites (tertiary alicyclic amines) is 2. The highest BCUT2D eigenvalue weighted by atomic mass is 16.7. The van der Waals surface area contributed by atoms with Gasteiger partial charge in [-0.3, -0.25) is 28.8 Å². The Bertz CT molecular complexity index is 4410. The monoisotopic (exact) mass is 1600 g/mol. The molecule has 4 aliphatic heterocycles. The molecule has 22 nitrogen and oxygen atoms in total. The summed E-state index contributed by atoms with van der Waals surface area (Å²) in [6.07, 6.45) is 7.75. The summed E-state index contributed by atoms with van der Waals surface area (Å²) in [7, 11) is 1.54. The molecule has 4 heterocycles. The summed E-state index contributed by atoms with van der Waals surface area (Å²) in [5, 5.41) is 28.6. The van der Waals surface area contributed by atoms with Crippen molar-refractivity contribution in [1.82, 2.24) is 25.8 Å². The van der Waals surface area contributed by atoms with Crippen LogP contribution >= 0.6 is 0 Å². The molecule has 3 aliphatic carbocycles. The molecule has 0 bridgehead atoms. The average Bonchev–Trinajstić information content (AvgIpc) is 1.61. The maximum absolute atomic E-state index is 14.9. The number of hydrogen-bond acceptors (Lipinski definition) is 17. The predicted molar refractivity (Wildman–Crippen MR) is 453 cm³/mol. The Kier molecular flexibility index (Phi) is 32.3. The van der Waals surface area contributed by atoms with Crippen molar-refractivity contribution in [3.8, 4) is 11.1 Å². The number of ketones is 4. The molecule has 2 saturated heterocycles. The zero-order valence-electron chi connectivity index (χ0n) is 69.4. The molecular weight excluding hydrogens is 1480 g/mol. The first-order chi connectivity index (χ1) is 55.7. The number of fused-ring (bicyclic) bond motifs is 3. The fraction of sp³-hybridized carbons (Fsp3) is 0.505. The third-order valence-electron chi connectivity index (χ3n) is 23.0. The average molecular weight is 1600 g/mol. The van der Waals surface area contributed by atoms with Gasteiger partial charge in [-0.05, 0) is 118 Å². The SMILES string of the molecule is C.CC.CCC[C@H](CC(=O)[C@@H]1C[C@]2(CC(c3ccccc3)=NO2)CN1C(=O)[C@@H](NC(=O)NCc1ccccc1)C(C)(C)C)C(O)C(=O)CC1CC1.CCC[C@H](CC(=O)[C@@H]1C[C@]2(CC(c3ccccc3)=NO2)CN1C(=O)[C@@H](NC(=O)OCC1c2ccccc2-c2ccccc21)C(C)(C)C)C(OC)C(=O)CC1CC1.O=C=NCc1ccccc1. The number of carbonyl (C=O) groups excluding carboxylic acids is 9. The zero-order valence-corrected chi connectivity index (χ0v) is 69.4. The van der Waals surface area contributed by atoms with Gasteiger partial charge in [0.2, 0.25) is 17.9 Å². The number of nitrogens with one attached hydrogen (secondary N) is 3. The number of hydrogen-bond donors (Lipinski definition) is 4. The topological polar surface area (TPSA) is 290 Å². The number of nitrogens with zero attached hydrogens (tertiary/aromatic N) is 5. The quantitative estimate of drug-likeness (QED) is 0.0233. The Labute approximate surface area is 691 Å². The van der Waals surface area contributed by atoms with Crippen molar-refractivity contribution < 1.29 is 67.4 Å². The molecule has 117 heavy (non-hydrogen) atoms. The van der Waals surface area contributed by atoms with Crippen molar-refractivity contribution in [2.24, 2.45) is 49.8 Å². The Morgan fingerprint density at radius 2 is 1.00 bits per heavy atom. The number of oxime groups is 2. The molecule has 13 rings (SSSR count). The Hall–Kier alpha value is -10.3. The number of rotatable bonds is 31. The highest BCUT2D eigenvalue weighted by Gasteiger charge is 2.58. The molecular formula is C95H122N8O14. The summed E-state index contributed by atoms with van der Waals surface area (Å²) in [6.45, 7) is 20.3. The number of urea groups is 1. The number of isocyanates is 1. The number of methoxy groups -OCH3 is 1. The molecule has 4 fully saturated rings. The molecule has 2 unspecified atom stereocenters. The summed E-state index contributed by atoms with van der Waals surface area (Å²) < 4.78 is 11.7. The fourth-order valence-electron chi connectivity index (χ4n) is 16.6. The lowest BCUT2D eigenvalue weighted by Crippen LogP contribution is -2.58. The van der Waals surface area contributed by atoms with Crippen LogP contribution in [0.3, 0.4) is 0 Å². The molecule has 4 N–H and O–H groups in total. The van der Waals surface area contributed by atoms with Gasteiger partial charge in [0.1, 0.15) is 30.9 Å². The van der Waals surface area contributed by atoms with Crippen LogP contribution in [0.1, 0.15) is 219 Å². The number of Topliss-reactive ketones (excluding diaryl/α,β-unsaturated/α-hetero) is 4. The van der Waals surface area contributed by atoms with Gasteiger partial charge in [-0.2, -0.15) is 0 Å². The van der Waals surface area contributed by atoms with Gasteiger partial charge in [0.15, 0.2) is 34.3 Å². The van der Waals surface area contributed by atoms with Crippen LogP contribution in [0.2, 0.25) is 0 Å². The van der Waals surface area contributed by atoms with Gasteiger partial charge in [-0.25, -0.2) is 19.4 Å². The van der Waals surface area contributed by atoms with Gasteiger partial charge in [-0.1, -0.05) is 270 Å². The van der Waals surface area contributed by atoms with Crippen LogP contribution in [0.4, 0.5) is 9.59 Å².